The summed E-state index contributed by atoms with van der Waals surface area (Å²) in [6, 6.07) is 6.58. The van der Waals surface area contributed by atoms with Gasteiger partial charge in [0.25, 0.3) is 5.91 Å². The van der Waals surface area contributed by atoms with Crippen molar-refractivity contribution >= 4 is 12.0 Å². The normalized spacial score (nSPS) is 15.4. The average molecular weight is 467 g/mol. The van der Waals surface area contributed by atoms with Crippen molar-refractivity contribution in [3.05, 3.63) is 47.3 Å². The molecule has 1 aromatic heterocycles. The Morgan fingerprint density at radius 3 is 2.36 bits per heavy atom. The largest absolute Gasteiger partial charge is 0.444 e. The number of carbonyl (C=O) groups is 2. The first-order valence-electron chi connectivity index (χ1n) is 10.8. The molecule has 1 aliphatic rings. The predicted octanol–water partition coefficient (Wildman–Crippen LogP) is 4.58. The number of aromatic nitrogens is 2. The van der Waals surface area contributed by atoms with Crippen LogP contribution in [0.3, 0.4) is 0 Å². The number of nitrogens with zero attached hydrogens (tertiary/aromatic N) is 3. The van der Waals surface area contributed by atoms with Crippen molar-refractivity contribution in [2.24, 2.45) is 5.92 Å². The quantitative estimate of drug-likeness (QED) is 0.716. The Labute approximate surface area is 190 Å². The van der Waals surface area contributed by atoms with Crippen molar-refractivity contribution in [2.45, 2.75) is 52.3 Å². The molecule has 10 heteroatoms. The van der Waals surface area contributed by atoms with Crippen molar-refractivity contribution in [2.75, 3.05) is 19.6 Å². The number of alkyl carbamates (subject to hydrolysis) is 1. The van der Waals surface area contributed by atoms with Crippen LogP contribution in [0.25, 0.3) is 5.69 Å². The lowest BCUT2D eigenvalue weighted by molar-refractivity contribution is -0.143. The molecule has 33 heavy (non-hydrogen) atoms. The number of nitrogens with one attached hydrogen (secondary N) is 1. The minimum Gasteiger partial charge on any atom is -0.444 e. The monoisotopic (exact) mass is 466 g/mol. The van der Waals surface area contributed by atoms with Gasteiger partial charge < -0.3 is 15.0 Å². The van der Waals surface area contributed by atoms with Crippen molar-refractivity contribution in [3.63, 3.8) is 0 Å². The minimum absolute atomic E-state index is 0.110. The summed E-state index contributed by atoms with van der Waals surface area (Å²) in [6.45, 7) is 7.98. The van der Waals surface area contributed by atoms with Crippen LogP contribution in [0.1, 0.15) is 55.2 Å². The van der Waals surface area contributed by atoms with Gasteiger partial charge in [-0.3, -0.25) is 4.79 Å². The molecule has 0 saturated carbocycles. The second kappa shape index (κ2) is 9.44. The van der Waals surface area contributed by atoms with Gasteiger partial charge in [-0.2, -0.15) is 18.3 Å². The first kappa shape index (κ1) is 24.6. The zero-order valence-corrected chi connectivity index (χ0v) is 19.2. The number of hydrogen-bond donors (Lipinski definition) is 1. The number of halogens is 3. The highest BCUT2D eigenvalue weighted by Gasteiger charge is 2.42. The van der Waals surface area contributed by atoms with Gasteiger partial charge in [-0.1, -0.05) is 18.2 Å². The highest BCUT2D eigenvalue weighted by atomic mass is 19.4. The van der Waals surface area contributed by atoms with Crippen LogP contribution in [0.15, 0.2) is 30.5 Å². The van der Waals surface area contributed by atoms with Gasteiger partial charge in [0, 0.05) is 19.6 Å². The van der Waals surface area contributed by atoms with Crippen LogP contribution in [0.5, 0.6) is 0 Å². The third kappa shape index (κ3) is 6.06. The predicted molar refractivity (Wildman–Crippen MR) is 116 cm³/mol. The minimum atomic E-state index is -4.75. The zero-order chi connectivity index (χ0) is 24.4. The van der Waals surface area contributed by atoms with Crippen LogP contribution in [0, 0.1) is 12.8 Å². The third-order valence-corrected chi connectivity index (χ3v) is 5.45. The highest BCUT2D eigenvalue weighted by molar-refractivity contribution is 5.95. The summed E-state index contributed by atoms with van der Waals surface area (Å²) < 4.78 is 47.9. The molecule has 0 bridgehead atoms. The fourth-order valence-electron chi connectivity index (χ4n) is 3.81. The van der Waals surface area contributed by atoms with Crippen LogP contribution in [-0.4, -0.2) is 51.9 Å². The van der Waals surface area contributed by atoms with Gasteiger partial charge in [-0.15, -0.1) is 0 Å². The molecule has 0 radical (unpaired) electrons. The second-order valence-corrected chi connectivity index (χ2v) is 9.22. The first-order chi connectivity index (χ1) is 15.4. The molecule has 2 aromatic rings. The smallest absolute Gasteiger partial charge is 0.434 e. The lowest BCUT2D eigenvalue weighted by Crippen LogP contribution is -2.42. The first-order valence-corrected chi connectivity index (χ1v) is 10.8. The Kier molecular flexibility index (Phi) is 7.04. The number of rotatable bonds is 4. The summed E-state index contributed by atoms with van der Waals surface area (Å²) in [7, 11) is 0. The number of para-hydroxylation sites is 1. The van der Waals surface area contributed by atoms with Gasteiger partial charge in [0.05, 0.1) is 17.4 Å². The number of aryl methyl sites for hydroxylation is 1. The molecule has 2 amide bonds. The van der Waals surface area contributed by atoms with Gasteiger partial charge in [0.15, 0.2) is 5.69 Å². The summed E-state index contributed by atoms with van der Waals surface area (Å²) in [6.07, 6.45) is -3.14. The van der Waals surface area contributed by atoms with Crippen molar-refractivity contribution < 1.29 is 27.5 Å². The number of benzene rings is 1. The lowest BCUT2D eigenvalue weighted by atomic mass is 9.96. The van der Waals surface area contributed by atoms with Gasteiger partial charge in [0.2, 0.25) is 0 Å². The number of piperidine rings is 1. The van der Waals surface area contributed by atoms with Gasteiger partial charge >= 0.3 is 12.3 Å². The van der Waals surface area contributed by atoms with Crippen LogP contribution >= 0.6 is 0 Å². The Bertz CT molecular complexity index is 1000. The molecule has 1 aliphatic heterocycles. The van der Waals surface area contributed by atoms with Crippen molar-refractivity contribution in [1.29, 1.82) is 0 Å². The van der Waals surface area contributed by atoms with E-state index in [-0.39, 0.29) is 11.6 Å². The molecule has 0 aliphatic carbocycles. The molecule has 1 saturated heterocycles. The maximum atomic E-state index is 14.0. The Morgan fingerprint density at radius 1 is 1.15 bits per heavy atom. The second-order valence-electron chi connectivity index (χ2n) is 9.22. The summed E-state index contributed by atoms with van der Waals surface area (Å²) in [4.78, 5) is 26.2. The highest BCUT2D eigenvalue weighted by Crippen LogP contribution is 2.35. The molecule has 7 nitrogen and oxygen atoms in total. The number of amides is 2. The molecule has 180 valence electrons. The van der Waals surface area contributed by atoms with E-state index in [1.54, 1.807) is 45.9 Å². The molecule has 1 N–H and O–H groups in total. The number of hydrogen-bond acceptors (Lipinski definition) is 4. The Hall–Kier alpha value is -3.04. The number of ether oxygens (including phenoxy) is 1. The average Bonchev–Trinajstić information content (AvgIpc) is 3.17. The summed E-state index contributed by atoms with van der Waals surface area (Å²) in [5.41, 5.74) is -1.25. The van der Waals surface area contributed by atoms with E-state index < -0.39 is 35.0 Å². The lowest BCUT2D eigenvalue weighted by Gasteiger charge is -2.32. The van der Waals surface area contributed by atoms with Crippen LogP contribution in [0.4, 0.5) is 18.0 Å². The van der Waals surface area contributed by atoms with E-state index in [1.165, 1.54) is 11.0 Å². The molecule has 1 aromatic carbocycles. The van der Waals surface area contributed by atoms with Gasteiger partial charge in [0.1, 0.15) is 5.60 Å². The summed E-state index contributed by atoms with van der Waals surface area (Å²) in [5, 5.41) is 6.62. The fourth-order valence-corrected chi connectivity index (χ4v) is 3.81. The van der Waals surface area contributed by atoms with E-state index >= 15 is 0 Å². The Morgan fingerprint density at radius 2 is 1.79 bits per heavy atom. The van der Waals surface area contributed by atoms with E-state index in [4.69, 9.17) is 4.74 Å². The molecule has 0 unspecified atom stereocenters. The molecule has 3 rings (SSSR count). The van der Waals surface area contributed by atoms with E-state index in [0.717, 1.165) is 10.9 Å². The Balaban J connectivity index is 1.69. The molecule has 1 fully saturated rings. The molecular weight excluding hydrogens is 437 g/mol. The summed E-state index contributed by atoms with van der Waals surface area (Å²) in [5.74, 6) is -0.584. The van der Waals surface area contributed by atoms with E-state index in [9.17, 15) is 22.8 Å². The maximum Gasteiger partial charge on any atom is 0.434 e. The van der Waals surface area contributed by atoms with Crippen molar-refractivity contribution in [1.82, 2.24) is 20.0 Å². The van der Waals surface area contributed by atoms with E-state index in [1.807, 2.05) is 0 Å². The number of likely N-dealkylation sites (tertiary alicyclic amines) is 1. The summed E-state index contributed by atoms with van der Waals surface area (Å²) >= 11 is 0. The molecule has 0 atom stereocenters. The van der Waals surface area contributed by atoms with Gasteiger partial charge in [-0.05, 0) is 58.1 Å². The van der Waals surface area contributed by atoms with E-state index in [0.29, 0.717) is 38.0 Å². The number of carbonyl (C=O) groups excluding carboxylic acids is 2. The molecular formula is C23H29F3N4O3. The van der Waals surface area contributed by atoms with Crippen LogP contribution < -0.4 is 5.32 Å². The van der Waals surface area contributed by atoms with Gasteiger partial charge in [-0.25, -0.2) is 9.48 Å². The zero-order valence-electron chi connectivity index (χ0n) is 19.2. The van der Waals surface area contributed by atoms with E-state index in [2.05, 4.69) is 10.4 Å². The van der Waals surface area contributed by atoms with Crippen LogP contribution in [0.2, 0.25) is 0 Å². The third-order valence-electron chi connectivity index (χ3n) is 5.45. The maximum absolute atomic E-state index is 14.0. The fraction of sp³-hybridized carbons (Fsp3) is 0.522. The molecule has 2 heterocycles. The standard InChI is InChI=1S/C23H29F3N4O3/c1-15-7-5-6-8-18(15)30-19(23(24,25)26)17(14-28-30)20(31)29-11-9-16(10-12-29)13-27-21(32)33-22(2,3)4/h5-8,14,16H,9-13H2,1-4H3,(H,27,32). The van der Waals surface area contributed by atoms with Crippen molar-refractivity contribution in [3.8, 4) is 5.69 Å². The SMILES string of the molecule is Cc1ccccc1-n1ncc(C(=O)N2CCC(CNC(=O)OC(C)(C)C)CC2)c1C(F)(F)F. The number of alkyl halides is 3. The topological polar surface area (TPSA) is 76.5 Å². The molecule has 0 spiro atoms. The van der Waals surface area contributed by atoms with Crippen LogP contribution in [-0.2, 0) is 10.9 Å².